The number of halogens is 2. The third-order valence-electron chi connectivity index (χ3n) is 8.21. The molecule has 2 heterocycles. The number of aromatic nitrogens is 2. The molecule has 0 unspecified atom stereocenters. The number of carbonyl (C=O) groups is 1. The lowest BCUT2D eigenvalue weighted by molar-refractivity contribution is -0.129. The van der Waals surface area contributed by atoms with Crippen LogP contribution in [0.4, 0.5) is 26.2 Å². The molecule has 1 aromatic heterocycles. The number of nitrogens with one attached hydrogen (secondary N) is 2. The fraction of sp³-hybridized carbons (Fsp3) is 0.278. The molecular weight excluding hydrogens is 614 g/mol. The number of amidine groups is 1. The number of carbonyl (C=O) groups excluding carboxylic acids is 1. The Kier molecular flexibility index (Phi) is 10.8. The van der Waals surface area contributed by atoms with Gasteiger partial charge in [0.05, 0.1) is 18.3 Å². The maximum Gasteiger partial charge on any atom is 0.225 e. The van der Waals surface area contributed by atoms with Crippen LogP contribution < -0.4 is 21.3 Å². The predicted octanol–water partition coefficient (Wildman–Crippen LogP) is 5.21. The molecule has 5 rings (SSSR count). The van der Waals surface area contributed by atoms with Crippen molar-refractivity contribution in [2.45, 2.75) is 45.8 Å². The lowest BCUT2D eigenvalue weighted by Gasteiger charge is -2.32. The summed E-state index contributed by atoms with van der Waals surface area (Å²) in [7, 11) is 1.73. The molecule has 1 amide bonds. The van der Waals surface area contributed by atoms with Crippen LogP contribution in [0.5, 0.6) is 0 Å². The quantitative estimate of drug-likeness (QED) is 0.0795. The maximum atomic E-state index is 15.3. The molecule has 3 aromatic carbocycles. The topological polar surface area (TPSA) is 132 Å². The fourth-order valence-corrected chi connectivity index (χ4v) is 5.66. The lowest BCUT2D eigenvalue weighted by atomic mass is 9.98. The van der Waals surface area contributed by atoms with Gasteiger partial charge >= 0.3 is 0 Å². The normalized spacial score (nSPS) is 13.5. The minimum absolute atomic E-state index is 0.0118. The molecule has 5 N–H and O–H groups in total. The Labute approximate surface area is 278 Å². The number of piperidine rings is 1. The van der Waals surface area contributed by atoms with Crippen LogP contribution in [0.15, 0.2) is 71.7 Å². The van der Waals surface area contributed by atoms with Crippen molar-refractivity contribution in [2.75, 3.05) is 30.4 Å². The standard InChI is InChI=1S/C36H38F2N8O2/c1-23-12-13-26(34(39)41-21-25-8-5-4-6-9-25)20-28(23)32-29(22-40-3)35(46(18-19-47)33-30(37)10-7-11-31(33)38)44-36(43-32)42-27-14-16-45(17-15-27)24(2)48/h4-13,20,27,40,47H,14-17,21-22H2,1-3H3,(H2,39,41)(H,42,43,44). The number of benzene rings is 3. The van der Waals surface area contributed by atoms with E-state index in [1.54, 1.807) is 25.0 Å². The van der Waals surface area contributed by atoms with Crippen molar-refractivity contribution in [1.82, 2.24) is 20.2 Å². The molecule has 0 bridgehead atoms. The van der Waals surface area contributed by atoms with Crippen molar-refractivity contribution in [3.05, 3.63) is 101 Å². The van der Waals surface area contributed by atoms with Crippen LogP contribution in [-0.4, -0.2) is 57.9 Å². The number of likely N-dealkylation sites (tertiary alicyclic amines) is 1. The summed E-state index contributed by atoms with van der Waals surface area (Å²) in [6.07, 6.45) is 3.10. The molecule has 1 fully saturated rings. The first-order valence-electron chi connectivity index (χ1n) is 15.6. The molecule has 48 heavy (non-hydrogen) atoms. The summed E-state index contributed by atoms with van der Waals surface area (Å²) in [6.45, 7) is 5.19. The molecule has 4 aromatic rings. The van der Waals surface area contributed by atoms with Gasteiger partial charge in [0.1, 0.15) is 17.6 Å². The zero-order chi connectivity index (χ0) is 34.2. The molecule has 0 spiro atoms. The van der Waals surface area contributed by atoms with Gasteiger partial charge in [0.15, 0.2) is 17.5 Å². The van der Waals surface area contributed by atoms with E-state index in [9.17, 15) is 9.90 Å². The zero-order valence-corrected chi connectivity index (χ0v) is 27.1. The Morgan fingerprint density at radius 2 is 1.79 bits per heavy atom. The maximum absolute atomic E-state index is 15.3. The number of hydrogen-bond acceptors (Lipinski definition) is 8. The second-order valence-corrected chi connectivity index (χ2v) is 11.5. The Morgan fingerprint density at radius 3 is 2.44 bits per heavy atom. The highest BCUT2D eigenvalue weighted by Gasteiger charge is 2.28. The number of aryl methyl sites for hydroxylation is 1. The smallest absolute Gasteiger partial charge is 0.225 e. The summed E-state index contributed by atoms with van der Waals surface area (Å²) in [5.74, 6) is -1.17. The summed E-state index contributed by atoms with van der Waals surface area (Å²) in [5.41, 5.74) is 10.2. The number of nitrogens with two attached hydrogens (primary N) is 1. The van der Waals surface area contributed by atoms with Crippen molar-refractivity contribution < 1.29 is 18.7 Å². The molecule has 1 saturated heterocycles. The summed E-state index contributed by atoms with van der Waals surface area (Å²) < 4.78 is 30.5. The van der Waals surface area contributed by atoms with Gasteiger partial charge in [-0.3, -0.25) is 9.79 Å². The number of hydrogen-bond donors (Lipinski definition) is 4. The van der Waals surface area contributed by atoms with Gasteiger partial charge in [0.2, 0.25) is 11.9 Å². The first kappa shape index (κ1) is 33.8. The number of nitrogens with zero attached hydrogens (tertiary/aromatic N) is 5. The molecule has 0 atom stereocenters. The third-order valence-corrected chi connectivity index (χ3v) is 8.21. The van der Waals surface area contributed by atoms with Crippen LogP contribution in [0, 0.1) is 30.7 Å². The molecule has 0 saturated carbocycles. The molecular formula is C36H38F2N8O2. The number of aliphatic hydroxyl groups excluding tert-OH is 1. The number of amides is 1. The van der Waals surface area contributed by atoms with Crippen LogP contribution in [0.25, 0.3) is 11.3 Å². The molecule has 10 nitrogen and oxygen atoms in total. The van der Waals surface area contributed by atoms with Crippen LogP contribution in [0.2, 0.25) is 0 Å². The minimum atomic E-state index is -0.889. The van der Waals surface area contributed by atoms with Gasteiger partial charge in [0.25, 0.3) is 0 Å². The highest BCUT2D eigenvalue weighted by atomic mass is 19.1. The number of aliphatic hydroxyl groups is 1. The third kappa shape index (κ3) is 7.70. The largest absolute Gasteiger partial charge is 0.461 e. The number of aliphatic imine (C=N–C) groups is 1. The number of para-hydroxylation sites is 1. The molecule has 12 heteroatoms. The van der Waals surface area contributed by atoms with Crippen LogP contribution in [0.1, 0.15) is 42.0 Å². The van der Waals surface area contributed by atoms with Gasteiger partial charge in [0, 0.05) is 49.3 Å². The summed E-state index contributed by atoms with van der Waals surface area (Å²) in [4.78, 5) is 29.0. The van der Waals surface area contributed by atoms with Crippen molar-refractivity contribution in [3.8, 4) is 23.4 Å². The SMILES string of the molecule is CNCc1c(-c2cc(C(N)=NCc3ccccc3)ccc2C)nc(NC2CCN(C(C)=O)CC2)nc1N(C#CO)c1c(F)cccc1F. The Balaban J connectivity index is 1.66. The van der Waals surface area contributed by atoms with Gasteiger partial charge in [-0.05, 0) is 56.1 Å². The Hall–Kier alpha value is -5.54. The predicted molar refractivity (Wildman–Crippen MR) is 183 cm³/mol. The summed E-state index contributed by atoms with van der Waals surface area (Å²) in [6, 6.07) is 21.3. The fourth-order valence-electron chi connectivity index (χ4n) is 5.66. The van der Waals surface area contributed by atoms with Gasteiger partial charge in [-0.2, -0.15) is 4.98 Å². The molecule has 0 aliphatic carbocycles. The van der Waals surface area contributed by atoms with E-state index in [0.717, 1.165) is 28.2 Å². The van der Waals surface area contributed by atoms with E-state index in [4.69, 9.17) is 15.7 Å². The van der Waals surface area contributed by atoms with E-state index in [0.29, 0.717) is 60.7 Å². The molecule has 1 aliphatic heterocycles. The van der Waals surface area contributed by atoms with E-state index in [1.165, 1.54) is 6.07 Å². The van der Waals surface area contributed by atoms with Crippen molar-refractivity contribution in [2.24, 2.45) is 10.7 Å². The molecule has 248 valence electrons. The van der Waals surface area contributed by atoms with Gasteiger partial charge in [-0.1, -0.05) is 48.5 Å². The second kappa shape index (κ2) is 15.4. The number of anilines is 3. The van der Waals surface area contributed by atoms with E-state index >= 15 is 8.78 Å². The minimum Gasteiger partial charge on any atom is -0.461 e. The van der Waals surface area contributed by atoms with Crippen molar-refractivity contribution in [1.29, 1.82) is 0 Å². The van der Waals surface area contributed by atoms with Gasteiger partial charge < -0.3 is 26.4 Å². The number of rotatable bonds is 10. The lowest BCUT2D eigenvalue weighted by Crippen LogP contribution is -2.41. The monoisotopic (exact) mass is 652 g/mol. The zero-order valence-electron chi connectivity index (χ0n) is 27.1. The molecule has 1 aliphatic rings. The Morgan fingerprint density at radius 1 is 1.08 bits per heavy atom. The average Bonchev–Trinajstić information content (AvgIpc) is 3.08. The van der Waals surface area contributed by atoms with E-state index in [1.807, 2.05) is 55.5 Å². The van der Waals surface area contributed by atoms with E-state index < -0.39 is 17.3 Å². The summed E-state index contributed by atoms with van der Waals surface area (Å²) in [5, 5.41) is 16.2. The summed E-state index contributed by atoms with van der Waals surface area (Å²) >= 11 is 0. The van der Waals surface area contributed by atoms with Crippen molar-refractivity contribution >= 4 is 29.2 Å². The van der Waals surface area contributed by atoms with E-state index in [-0.39, 0.29) is 30.3 Å². The average molecular weight is 653 g/mol. The first-order chi connectivity index (χ1) is 23.2. The van der Waals surface area contributed by atoms with Gasteiger partial charge in [-0.15, -0.1) is 0 Å². The Bertz CT molecular complexity index is 1850. The molecule has 0 radical (unpaired) electrons. The van der Waals surface area contributed by atoms with Gasteiger partial charge in [-0.25, -0.2) is 18.7 Å². The van der Waals surface area contributed by atoms with Crippen LogP contribution >= 0.6 is 0 Å². The second-order valence-electron chi connectivity index (χ2n) is 11.5. The van der Waals surface area contributed by atoms with E-state index in [2.05, 4.69) is 21.7 Å². The highest BCUT2D eigenvalue weighted by Crippen LogP contribution is 2.37. The first-order valence-corrected chi connectivity index (χ1v) is 15.6. The van der Waals surface area contributed by atoms with Crippen molar-refractivity contribution in [3.63, 3.8) is 0 Å². The highest BCUT2D eigenvalue weighted by molar-refractivity contribution is 5.99. The van der Waals surface area contributed by atoms with Crippen LogP contribution in [-0.2, 0) is 17.9 Å². The van der Waals surface area contributed by atoms with Crippen LogP contribution in [0.3, 0.4) is 0 Å².